The fourth-order valence-electron chi connectivity index (χ4n) is 4.05. The zero-order valence-electron chi connectivity index (χ0n) is 16.7. The molecular weight excluding hydrogens is 367 g/mol. The third-order valence-electron chi connectivity index (χ3n) is 5.73. The second-order valence-electron chi connectivity index (χ2n) is 7.65. The molecule has 1 atom stereocenters. The van der Waals surface area contributed by atoms with Gasteiger partial charge in [-0.05, 0) is 49.5 Å². The van der Waals surface area contributed by atoms with E-state index in [1.54, 1.807) is 23.1 Å². The molecule has 1 saturated heterocycles. The molecule has 1 fully saturated rings. The van der Waals surface area contributed by atoms with Gasteiger partial charge in [-0.2, -0.15) is 0 Å². The van der Waals surface area contributed by atoms with Crippen molar-refractivity contribution in [2.24, 2.45) is 0 Å². The van der Waals surface area contributed by atoms with Crippen LogP contribution in [0.4, 0.5) is 4.39 Å². The molecule has 0 saturated carbocycles. The van der Waals surface area contributed by atoms with Crippen molar-refractivity contribution in [1.82, 2.24) is 10.2 Å². The van der Waals surface area contributed by atoms with E-state index in [1.165, 1.54) is 12.1 Å². The van der Waals surface area contributed by atoms with Gasteiger partial charge in [-0.1, -0.05) is 55.1 Å². The molecule has 5 heteroatoms. The molecule has 4 nitrogen and oxygen atoms in total. The predicted octanol–water partition coefficient (Wildman–Crippen LogP) is 3.62. The number of carbonyl (C=O) groups excluding carboxylic acids is 2. The maximum absolute atomic E-state index is 14.0. The minimum absolute atomic E-state index is 0.0711. The van der Waals surface area contributed by atoms with Gasteiger partial charge in [0.15, 0.2) is 0 Å². The molecule has 0 aromatic heterocycles. The lowest BCUT2D eigenvalue weighted by Crippen LogP contribution is -2.54. The van der Waals surface area contributed by atoms with E-state index >= 15 is 0 Å². The summed E-state index contributed by atoms with van der Waals surface area (Å²) in [4.78, 5) is 27.1. The van der Waals surface area contributed by atoms with E-state index in [-0.39, 0.29) is 23.7 Å². The molecule has 2 aromatic rings. The topological polar surface area (TPSA) is 49.4 Å². The van der Waals surface area contributed by atoms with Crippen molar-refractivity contribution in [3.8, 4) is 0 Å². The monoisotopic (exact) mass is 394 g/mol. The Hall–Kier alpha value is -2.95. The van der Waals surface area contributed by atoms with Crippen molar-refractivity contribution in [2.45, 2.75) is 37.6 Å². The molecule has 0 aliphatic carbocycles. The molecule has 0 spiro atoms. The SMILES string of the molecule is C=CC(=O)N1CCC(C(=O)NC(C)Cc2ccccc2F)(c2ccccc2)CC1. The first-order chi connectivity index (χ1) is 14.0. The Balaban J connectivity index is 1.78. The van der Waals surface area contributed by atoms with Gasteiger partial charge < -0.3 is 10.2 Å². The molecule has 3 rings (SSSR count). The Kier molecular flexibility index (Phi) is 6.47. The van der Waals surface area contributed by atoms with Crippen LogP contribution in [0, 0.1) is 5.82 Å². The summed E-state index contributed by atoms with van der Waals surface area (Å²) in [5, 5.41) is 3.09. The fourth-order valence-corrected chi connectivity index (χ4v) is 4.05. The number of hydrogen-bond donors (Lipinski definition) is 1. The number of halogens is 1. The van der Waals surface area contributed by atoms with E-state index in [0.717, 1.165) is 5.56 Å². The van der Waals surface area contributed by atoms with Gasteiger partial charge in [0, 0.05) is 19.1 Å². The second-order valence-corrected chi connectivity index (χ2v) is 7.65. The molecule has 1 N–H and O–H groups in total. The van der Waals surface area contributed by atoms with Crippen LogP contribution in [-0.2, 0) is 21.4 Å². The number of benzene rings is 2. The molecule has 2 aromatic carbocycles. The Morgan fingerprint density at radius 3 is 2.38 bits per heavy atom. The first kappa shape index (κ1) is 20.8. The van der Waals surface area contributed by atoms with Crippen LogP contribution >= 0.6 is 0 Å². The zero-order chi connectivity index (χ0) is 20.9. The van der Waals surface area contributed by atoms with Gasteiger partial charge in [-0.3, -0.25) is 9.59 Å². The average Bonchev–Trinajstić information content (AvgIpc) is 2.75. The van der Waals surface area contributed by atoms with Gasteiger partial charge >= 0.3 is 0 Å². The van der Waals surface area contributed by atoms with Crippen LogP contribution in [0.3, 0.4) is 0 Å². The third kappa shape index (κ3) is 4.56. The number of likely N-dealkylation sites (tertiary alicyclic amines) is 1. The lowest BCUT2D eigenvalue weighted by molar-refractivity contribution is -0.134. The van der Waals surface area contributed by atoms with E-state index in [4.69, 9.17) is 0 Å². The summed E-state index contributed by atoms with van der Waals surface area (Å²) in [6.45, 7) is 6.43. The summed E-state index contributed by atoms with van der Waals surface area (Å²) in [5.74, 6) is -0.444. The highest BCUT2D eigenvalue weighted by molar-refractivity contribution is 5.90. The summed E-state index contributed by atoms with van der Waals surface area (Å²) < 4.78 is 14.0. The largest absolute Gasteiger partial charge is 0.353 e. The molecule has 152 valence electrons. The Morgan fingerprint density at radius 2 is 1.76 bits per heavy atom. The van der Waals surface area contributed by atoms with Crippen LogP contribution in [0.25, 0.3) is 0 Å². The van der Waals surface area contributed by atoms with E-state index in [1.807, 2.05) is 37.3 Å². The molecular formula is C24H27FN2O2. The summed E-state index contributed by atoms with van der Waals surface area (Å²) in [5.41, 5.74) is 0.824. The minimum Gasteiger partial charge on any atom is -0.353 e. The van der Waals surface area contributed by atoms with Crippen molar-refractivity contribution in [3.05, 3.63) is 84.2 Å². The van der Waals surface area contributed by atoms with Crippen LogP contribution in [0.5, 0.6) is 0 Å². The first-order valence-corrected chi connectivity index (χ1v) is 9.97. The molecule has 0 radical (unpaired) electrons. The van der Waals surface area contributed by atoms with Crippen LogP contribution in [0.1, 0.15) is 30.9 Å². The van der Waals surface area contributed by atoms with Gasteiger partial charge in [0.1, 0.15) is 5.82 Å². The molecule has 2 amide bonds. The highest BCUT2D eigenvalue weighted by Crippen LogP contribution is 2.36. The Labute approximate surface area is 171 Å². The van der Waals surface area contributed by atoms with E-state index in [0.29, 0.717) is 37.9 Å². The first-order valence-electron chi connectivity index (χ1n) is 9.97. The molecule has 1 aliphatic heterocycles. The maximum Gasteiger partial charge on any atom is 0.245 e. The Morgan fingerprint density at radius 1 is 1.14 bits per heavy atom. The fraction of sp³-hybridized carbons (Fsp3) is 0.333. The number of piperidine rings is 1. The van der Waals surface area contributed by atoms with Crippen molar-refractivity contribution < 1.29 is 14.0 Å². The highest BCUT2D eigenvalue weighted by atomic mass is 19.1. The van der Waals surface area contributed by atoms with Crippen LogP contribution < -0.4 is 5.32 Å². The highest BCUT2D eigenvalue weighted by Gasteiger charge is 2.43. The molecule has 29 heavy (non-hydrogen) atoms. The van der Waals surface area contributed by atoms with E-state index < -0.39 is 5.41 Å². The number of rotatable bonds is 6. The lowest BCUT2D eigenvalue weighted by atomic mass is 9.71. The second kappa shape index (κ2) is 9.03. The number of carbonyl (C=O) groups is 2. The summed E-state index contributed by atoms with van der Waals surface area (Å²) in [7, 11) is 0. The number of hydrogen-bond acceptors (Lipinski definition) is 2. The van der Waals surface area contributed by atoms with Crippen molar-refractivity contribution in [3.63, 3.8) is 0 Å². The molecule has 0 bridgehead atoms. The smallest absolute Gasteiger partial charge is 0.245 e. The van der Waals surface area contributed by atoms with Crippen LogP contribution in [-0.4, -0.2) is 35.8 Å². The maximum atomic E-state index is 14.0. The standard InChI is InChI=1S/C24H27FN2O2/c1-3-22(28)27-15-13-24(14-16-27,20-10-5-4-6-11-20)23(29)26-18(2)17-19-9-7-8-12-21(19)25/h3-12,18H,1,13-17H2,2H3,(H,26,29). The zero-order valence-corrected chi connectivity index (χ0v) is 16.7. The van der Waals surface area contributed by atoms with Crippen molar-refractivity contribution in [2.75, 3.05) is 13.1 Å². The van der Waals surface area contributed by atoms with Gasteiger partial charge in [-0.15, -0.1) is 0 Å². The normalized spacial score (nSPS) is 16.7. The van der Waals surface area contributed by atoms with Crippen molar-refractivity contribution >= 4 is 11.8 Å². The molecule has 1 unspecified atom stereocenters. The number of nitrogens with one attached hydrogen (secondary N) is 1. The average molecular weight is 394 g/mol. The molecule has 1 heterocycles. The van der Waals surface area contributed by atoms with E-state index in [2.05, 4.69) is 11.9 Å². The number of nitrogens with zero attached hydrogens (tertiary/aromatic N) is 1. The summed E-state index contributed by atoms with van der Waals surface area (Å²) in [6.07, 6.45) is 2.81. The van der Waals surface area contributed by atoms with Gasteiger partial charge in [0.05, 0.1) is 5.41 Å². The summed E-state index contributed by atoms with van der Waals surface area (Å²) >= 11 is 0. The molecule has 1 aliphatic rings. The van der Waals surface area contributed by atoms with Gasteiger partial charge in [0.2, 0.25) is 11.8 Å². The predicted molar refractivity (Wildman–Crippen MR) is 112 cm³/mol. The van der Waals surface area contributed by atoms with Gasteiger partial charge in [-0.25, -0.2) is 4.39 Å². The van der Waals surface area contributed by atoms with Crippen molar-refractivity contribution in [1.29, 1.82) is 0 Å². The Bertz CT molecular complexity index is 873. The summed E-state index contributed by atoms with van der Waals surface area (Å²) in [6, 6.07) is 16.1. The van der Waals surface area contributed by atoms with Crippen LogP contribution in [0.15, 0.2) is 67.3 Å². The van der Waals surface area contributed by atoms with Gasteiger partial charge in [0.25, 0.3) is 0 Å². The van der Waals surface area contributed by atoms with Crippen LogP contribution in [0.2, 0.25) is 0 Å². The quantitative estimate of drug-likeness (QED) is 0.761. The van der Waals surface area contributed by atoms with E-state index in [9.17, 15) is 14.0 Å². The lowest BCUT2D eigenvalue weighted by Gasteiger charge is -2.41. The third-order valence-corrected chi connectivity index (χ3v) is 5.73. The minimum atomic E-state index is -0.706. The number of amides is 2.